The second-order valence-corrected chi connectivity index (χ2v) is 4.63. The van der Waals surface area contributed by atoms with Gasteiger partial charge < -0.3 is 4.74 Å². The molecule has 0 fully saturated rings. The van der Waals surface area contributed by atoms with Gasteiger partial charge in [-0.05, 0) is 12.0 Å². The first-order chi connectivity index (χ1) is 8.37. The summed E-state index contributed by atoms with van der Waals surface area (Å²) in [5, 5.41) is 0. The maximum atomic E-state index is 5.66. The molecule has 0 N–H and O–H groups in total. The monoisotopic (exact) mass is 248 g/mol. The number of halogens is 1. The number of benzene rings is 1. The number of hydrogen-bond acceptors (Lipinski definition) is 1. The first-order valence-electron chi connectivity index (χ1n) is 5.91. The summed E-state index contributed by atoms with van der Waals surface area (Å²) < 4.78 is 5.66. The van der Waals surface area contributed by atoms with E-state index in [1.54, 1.807) is 0 Å². The quantitative estimate of drug-likeness (QED) is 0.570. The first kappa shape index (κ1) is 12.4. The number of allylic oxidation sites excluding steroid dienone is 3. The zero-order valence-electron chi connectivity index (χ0n) is 9.81. The lowest BCUT2D eigenvalue weighted by Crippen LogP contribution is -2.30. The Hall–Kier alpha value is -1.05. The molecule has 17 heavy (non-hydrogen) atoms. The van der Waals surface area contributed by atoms with Crippen LogP contribution in [0.4, 0.5) is 0 Å². The van der Waals surface area contributed by atoms with Crippen LogP contribution in [0, 0.1) is 0 Å². The zero-order valence-corrected chi connectivity index (χ0v) is 10.6. The molecule has 1 nitrogen and oxygen atoms in total. The lowest BCUT2D eigenvalue weighted by atomic mass is 9.76. The molecule has 1 aromatic carbocycles. The van der Waals surface area contributed by atoms with E-state index >= 15 is 0 Å². The van der Waals surface area contributed by atoms with Gasteiger partial charge in [-0.3, -0.25) is 0 Å². The van der Waals surface area contributed by atoms with E-state index in [0.29, 0.717) is 19.1 Å². The average Bonchev–Trinajstić information content (AvgIpc) is 2.41. The van der Waals surface area contributed by atoms with Gasteiger partial charge in [0.25, 0.3) is 0 Å². The summed E-state index contributed by atoms with van der Waals surface area (Å²) in [4.78, 5) is 0. The van der Waals surface area contributed by atoms with Gasteiger partial charge >= 0.3 is 0 Å². The topological polar surface area (TPSA) is 9.23 Å². The Morgan fingerprint density at radius 1 is 1.18 bits per heavy atom. The molecular weight excluding hydrogens is 232 g/mol. The Morgan fingerprint density at radius 2 is 2.00 bits per heavy atom. The fourth-order valence-corrected chi connectivity index (χ4v) is 2.26. The van der Waals surface area contributed by atoms with Crippen LogP contribution in [0.25, 0.3) is 0 Å². The van der Waals surface area contributed by atoms with Gasteiger partial charge in [0, 0.05) is 11.3 Å². The van der Waals surface area contributed by atoms with Crippen LogP contribution in [-0.2, 0) is 10.2 Å². The lowest BCUT2D eigenvalue weighted by Gasteiger charge is -2.31. The van der Waals surface area contributed by atoms with Crippen molar-refractivity contribution in [3.05, 3.63) is 60.2 Å². The van der Waals surface area contributed by atoms with E-state index < -0.39 is 0 Å². The van der Waals surface area contributed by atoms with Gasteiger partial charge in [-0.2, -0.15) is 0 Å². The molecule has 0 unspecified atom stereocenters. The van der Waals surface area contributed by atoms with Crippen molar-refractivity contribution < 1.29 is 4.74 Å². The molecule has 1 aliphatic carbocycles. The Morgan fingerprint density at radius 3 is 2.65 bits per heavy atom. The Balaban J connectivity index is 2.19. The molecule has 0 radical (unpaired) electrons. The van der Waals surface area contributed by atoms with E-state index in [2.05, 4.69) is 48.6 Å². The first-order valence-corrected chi connectivity index (χ1v) is 6.44. The molecule has 0 aliphatic heterocycles. The number of hydrogen-bond donors (Lipinski definition) is 0. The number of ether oxygens (including phenoxy) is 1. The fourth-order valence-electron chi connectivity index (χ4n) is 2.15. The van der Waals surface area contributed by atoms with Crippen LogP contribution in [-0.4, -0.2) is 19.1 Å². The molecule has 2 heteroatoms. The van der Waals surface area contributed by atoms with Crippen LogP contribution in [0.2, 0.25) is 0 Å². The Labute approximate surface area is 108 Å². The minimum Gasteiger partial charge on any atom is -0.379 e. The van der Waals surface area contributed by atoms with Gasteiger partial charge in [-0.1, -0.05) is 54.6 Å². The van der Waals surface area contributed by atoms with Crippen LogP contribution in [0.3, 0.4) is 0 Å². The maximum Gasteiger partial charge on any atom is 0.0602 e. The number of alkyl halides is 1. The Kier molecular flexibility index (Phi) is 4.41. The normalized spacial score (nSPS) is 22.9. The van der Waals surface area contributed by atoms with Gasteiger partial charge in [0.1, 0.15) is 0 Å². The molecule has 90 valence electrons. The van der Waals surface area contributed by atoms with E-state index in [1.807, 2.05) is 6.07 Å². The van der Waals surface area contributed by atoms with Crippen LogP contribution in [0.5, 0.6) is 0 Å². The van der Waals surface area contributed by atoms with Crippen molar-refractivity contribution in [2.75, 3.05) is 19.1 Å². The largest absolute Gasteiger partial charge is 0.379 e. The van der Waals surface area contributed by atoms with E-state index in [1.165, 1.54) is 5.56 Å². The molecule has 0 bridgehead atoms. The summed E-state index contributed by atoms with van der Waals surface area (Å²) in [6, 6.07) is 10.5. The van der Waals surface area contributed by atoms with E-state index in [4.69, 9.17) is 16.3 Å². The van der Waals surface area contributed by atoms with Crippen molar-refractivity contribution in [2.24, 2.45) is 0 Å². The molecule has 1 aromatic rings. The van der Waals surface area contributed by atoms with Crippen LogP contribution in [0.1, 0.15) is 12.0 Å². The molecule has 0 spiro atoms. The lowest BCUT2D eigenvalue weighted by molar-refractivity contribution is 0.111. The Bertz CT molecular complexity index is 397. The number of rotatable bonds is 5. The maximum absolute atomic E-state index is 5.66. The average molecular weight is 249 g/mol. The van der Waals surface area contributed by atoms with Gasteiger partial charge in [-0.15, -0.1) is 11.6 Å². The van der Waals surface area contributed by atoms with Crippen molar-refractivity contribution in [1.29, 1.82) is 0 Å². The predicted molar refractivity (Wildman–Crippen MR) is 72.6 cm³/mol. The van der Waals surface area contributed by atoms with Gasteiger partial charge in [-0.25, -0.2) is 0 Å². The summed E-state index contributed by atoms with van der Waals surface area (Å²) in [5.74, 6) is 0.546. The third kappa shape index (κ3) is 2.99. The summed E-state index contributed by atoms with van der Waals surface area (Å²) in [5.41, 5.74) is 1.28. The van der Waals surface area contributed by atoms with E-state index in [-0.39, 0.29) is 5.41 Å². The highest BCUT2D eigenvalue weighted by Gasteiger charge is 2.29. The fraction of sp³-hybridized carbons (Fsp3) is 0.333. The highest BCUT2D eigenvalue weighted by molar-refractivity contribution is 6.17. The minimum absolute atomic E-state index is 0.0257. The predicted octanol–water partition coefficient (Wildman–Crippen LogP) is 3.70. The molecule has 0 aromatic heterocycles. The van der Waals surface area contributed by atoms with Crippen molar-refractivity contribution in [1.82, 2.24) is 0 Å². The highest BCUT2D eigenvalue weighted by Crippen LogP contribution is 2.32. The highest BCUT2D eigenvalue weighted by atomic mass is 35.5. The summed E-state index contributed by atoms with van der Waals surface area (Å²) in [6.07, 6.45) is 9.59. The van der Waals surface area contributed by atoms with Gasteiger partial charge in [0.05, 0.1) is 13.2 Å². The SMILES string of the molecule is ClCCOC[C@@]1(c2ccccc2)C=CC=CC1. The van der Waals surface area contributed by atoms with Gasteiger partial charge in [0.15, 0.2) is 0 Å². The molecule has 1 aliphatic rings. The summed E-state index contributed by atoms with van der Waals surface area (Å²) >= 11 is 5.65. The molecule has 0 saturated heterocycles. The van der Waals surface area contributed by atoms with Crippen molar-refractivity contribution in [3.8, 4) is 0 Å². The third-order valence-electron chi connectivity index (χ3n) is 3.07. The van der Waals surface area contributed by atoms with Crippen LogP contribution in [0.15, 0.2) is 54.6 Å². The standard InChI is InChI=1S/C15H17ClO/c16-11-12-17-13-15(9-5-2-6-10-15)14-7-3-1-4-8-14/h1-9H,10-13H2/t15-/m1/s1. The third-order valence-corrected chi connectivity index (χ3v) is 3.23. The molecule has 0 amide bonds. The van der Waals surface area contributed by atoms with Crippen molar-refractivity contribution >= 4 is 11.6 Å². The van der Waals surface area contributed by atoms with Crippen LogP contribution >= 0.6 is 11.6 Å². The second kappa shape index (κ2) is 6.04. The molecule has 0 heterocycles. The van der Waals surface area contributed by atoms with Crippen molar-refractivity contribution in [3.63, 3.8) is 0 Å². The second-order valence-electron chi connectivity index (χ2n) is 4.26. The van der Waals surface area contributed by atoms with E-state index in [9.17, 15) is 0 Å². The molecule has 0 saturated carbocycles. The smallest absolute Gasteiger partial charge is 0.0602 e. The molecule has 2 rings (SSSR count). The van der Waals surface area contributed by atoms with Gasteiger partial charge in [0.2, 0.25) is 0 Å². The molecular formula is C15H17ClO. The van der Waals surface area contributed by atoms with E-state index in [0.717, 1.165) is 6.42 Å². The summed E-state index contributed by atoms with van der Waals surface area (Å²) in [7, 11) is 0. The van der Waals surface area contributed by atoms with Crippen LogP contribution < -0.4 is 0 Å². The van der Waals surface area contributed by atoms with Crippen molar-refractivity contribution in [2.45, 2.75) is 11.8 Å². The minimum atomic E-state index is -0.0257. The summed E-state index contributed by atoms with van der Waals surface area (Å²) in [6.45, 7) is 1.29. The molecule has 1 atom stereocenters. The zero-order chi connectivity index (χ0) is 12.0.